The molecule has 1 saturated heterocycles. The third kappa shape index (κ3) is 4.22. The highest BCUT2D eigenvalue weighted by Gasteiger charge is 2.33. The maximum atomic E-state index is 12.2. The highest BCUT2D eigenvalue weighted by Crippen LogP contribution is 2.23. The monoisotopic (exact) mass is 295 g/mol. The van der Waals surface area contributed by atoms with Crippen LogP contribution in [0.4, 0.5) is 0 Å². The predicted octanol–water partition coefficient (Wildman–Crippen LogP) is 3.65. The molecule has 4 heteroatoms. The molecule has 1 aliphatic heterocycles. The van der Waals surface area contributed by atoms with E-state index in [1.54, 1.807) is 0 Å². The van der Waals surface area contributed by atoms with Gasteiger partial charge in [0.05, 0.1) is 0 Å². The Morgan fingerprint density at radius 1 is 1.35 bits per heavy atom. The average molecular weight is 296 g/mol. The van der Waals surface area contributed by atoms with Gasteiger partial charge in [0, 0.05) is 11.6 Å². The lowest BCUT2D eigenvalue weighted by atomic mass is 10.1. The number of carbonyl (C=O) groups excluding carboxylic acids is 1. The van der Waals surface area contributed by atoms with Gasteiger partial charge in [0.1, 0.15) is 11.6 Å². The van der Waals surface area contributed by atoms with Crippen molar-refractivity contribution in [3.63, 3.8) is 0 Å². The van der Waals surface area contributed by atoms with Crippen LogP contribution >= 0.6 is 11.6 Å². The van der Waals surface area contributed by atoms with Crippen LogP contribution in [-0.4, -0.2) is 29.1 Å². The second-order valence-electron chi connectivity index (χ2n) is 6.29. The molecule has 0 spiro atoms. The van der Waals surface area contributed by atoms with Crippen molar-refractivity contribution < 1.29 is 9.53 Å². The molecule has 1 aromatic carbocycles. The number of esters is 1. The lowest BCUT2D eigenvalue weighted by Crippen LogP contribution is -2.40. The summed E-state index contributed by atoms with van der Waals surface area (Å²) in [5.41, 5.74) is 0.746. The van der Waals surface area contributed by atoms with E-state index < -0.39 is 5.60 Å². The minimum absolute atomic E-state index is 0.107. The molecule has 0 saturated carbocycles. The maximum absolute atomic E-state index is 12.2. The predicted molar refractivity (Wildman–Crippen MR) is 80.7 cm³/mol. The largest absolute Gasteiger partial charge is 0.459 e. The van der Waals surface area contributed by atoms with Gasteiger partial charge in [-0.3, -0.25) is 9.69 Å². The first-order valence-corrected chi connectivity index (χ1v) is 7.44. The fourth-order valence-corrected chi connectivity index (χ4v) is 2.60. The number of hydrogen-bond acceptors (Lipinski definition) is 3. The molecule has 1 atom stereocenters. The van der Waals surface area contributed by atoms with Crippen LogP contribution in [0.1, 0.15) is 39.2 Å². The summed E-state index contributed by atoms with van der Waals surface area (Å²) in [6.45, 7) is 7.42. The molecular formula is C16H22ClNO2. The topological polar surface area (TPSA) is 29.5 Å². The van der Waals surface area contributed by atoms with Crippen molar-refractivity contribution in [3.8, 4) is 0 Å². The summed E-state index contributed by atoms with van der Waals surface area (Å²) in [5, 5.41) is 0.735. The summed E-state index contributed by atoms with van der Waals surface area (Å²) in [6, 6.07) is 7.66. The molecule has 3 nitrogen and oxygen atoms in total. The van der Waals surface area contributed by atoms with Crippen molar-refractivity contribution in [2.75, 3.05) is 6.54 Å². The molecule has 0 bridgehead atoms. The Kier molecular flexibility index (Phi) is 4.71. The SMILES string of the molecule is CC(C)(C)OC(=O)[C@@H]1CCCN1Cc1ccc(Cl)cc1. The van der Waals surface area contributed by atoms with E-state index in [4.69, 9.17) is 16.3 Å². The molecule has 1 aromatic rings. The first-order valence-electron chi connectivity index (χ1n) is 7.06. The minimum atomic E-state index is -0.425. The Morgan fingerprint density at radius 3 is 2.60 bits per heavy atom. The maximum Gasteiger partial charge on any atom is 0.323 e. The standard InChI is InChI=1S/C16H22ClNO2/c1-16(2,3)20-15(19)14-5-4-10-18(14)11-12-6-8-13(17)9-7-12/h6-9,14H,4-5,10-11H2,1-3H3/t14-/m0/s1. The number of likely N-dealkylation sites (tertiary alicyclic amines) is 1. The minimum Gasteiger partial charge on any atom is -0.459 e. The van der Waals surface area contributed by atoms with Crippen LogP contribution in [0.3, 0.4) is 0 Å². The van der Waals surface area contributed by atoms with Crippen LogP contribution in [0.25, 0.3) is 0 Å². The molecule has 0 unspecified atom stereocenters. The highest BCUT2D eigenvalue weighted by atomic mass is 35.5. The molecule has 0 aromatic heterocycles. The molecule has 1 aliphatic rings. The van der Waals surface area contributed by atoms with E-state index in [0.29, 0.717) is 0 Å². The van der Waals surface area contributed by atoms with Gasteiger partial charge in [-0.05, 0) is 57.9 Å². The molecule has 0 aliphatic carbocycles. The van der Waals surface area contributed by atoms with Gasteiger partial charge in [0.15, 0.2) is 0 Å². The Morgan fingerprint density at radius 2 is 2.00 bits per heavy atom. The van der Waals surface area contributed by atoms with Crippen LogP contribution in [0.5, 0.6) is 0 Å². The van der Waals surface area contributed by atoms with E-state index in [1.165, 1.54) is 5.56 Å². The van der Waals surface area contributed by atoms with Gasteiger partial charge < -0.3 is 4.74 Å². The Balaban J connectivity index is 2.00. The molecule has 0 amide bonds. The first-order chi connectivity index (χ1) is 9.35. The number of hydrogen-bond donors (Lipinski definition) is 0. The zero-order chi connectivity index (χ0) is 14.8. The van der Waals surface area contributed by atoms with Gasteiger partial charge in [0.25, 0.3) is 0 Å². The molecule has 0 radical (unpaired) electrons. The molecule has 2 rings (SSSR count). The van der Waals surface area contributed by atoms with Crippen molar-refractivity contribution >= 4 is 17.6 Å². The van der Waals surface area contributed by atoms with E-state index in [9.17, 15) is 4.79 Å². The molecule has 1 fully saturated rings. The van der Waals surface area contributed by atoms with Crippen molar-refractivity contribution in [1.29, 1.82) is 0 Å². The van der Waals surface area contributed by atoms with Gasteiger partial charge in [0.2, 0.25) is 0 Å². The van der Waals surface area contributed by atoms with E-state index >= 15 is 0 Å². The Bertz CT molecular complexity index is 464. The lowest BCUT2D eigenvalue weighted by Gasteiger charge is -2.27. The van der Waals surface area contributed by atoms with Crippen LogP contribution in [-0.2, 0) is 16.1 Å². The number of nitrogens with zero attached hydrogens (tertiary/aromatic N) is 1. The van der Waals surface area contributed by atoms with Crippen LogP contribution in [0, 0.1) is 0 Å². The van der Waals surface area contributed by atoms with Crippen molar-refractivity contribution in [2.24, 2.45) is 0 Å². The highest BCUT2D eigenvalue weighted by molar-refractivity contribution is 6.30. The number of halogens is 1. The molecule has 20 heavy (non-hydrogen) atoms. The summed E-state index contributed by atoms with van der Waals surface area (Å²) >= 11 is 5.89. The lowest BCUT2D eigenvalue weighted by molar-refractivity contribution is -0.160. The summed E-state index contributed by atoms with van der Waals surface area (Å²) in [7, 11) is 0. The number of carbonyl (C=O) groups is 1. The van der Waals surface area contributed by atoms with Gasteiger partial charge >= 0.3 is 5.97 Å². The third-order valence-electron chi connectivity index (χ3n) is 3.34. The van der Waals surface area contributed by atoms with E-state index in [-0.39, 0.29) is 12.0 Å². The summed E-state index contributed by atoms with van der Waals surface area (Å²) < 4.78 is 5.51. The average Bonchev–Trinajstić information content (AvgIpc) is 2.78. The van der Waals surface area contributed by atoms with Gasteiger partial charge in [-0.2, -0.15) is 0 Å². The number of ether oxygens (including phenoxy) is 1. The van der Waals surface area contributed by atoms with Gasteiger partial charge in [-0.1, -0.05) is 23.7 Å². The molecular weight excluding hydrogens is 274 g/mol. The quantitative estimate of drug-likeness (QED) is 0.797. The molecule has 110 valence electrons. The normalized spacial score (nSPS) is 20.1. The van der Waals surface area contributed by atoms with Crippen molar-refractivity contribution in [1.82, 2.24) is 4.90 Å². The fourth-order valence-electron chi connectivity index (χ4n) is 2.48. The van der Waals surface area contributed by atoms with E-state index in [2.05, 4.69) is 4.90 Å². The Labute approximate surface area is 125 Å². The summed E-state index contributed by atoms with van der Waals surface area (Å²) in [5.74, 6) is -0.107. The molecule has 0 N–H and O–H groups in total. The summed E-state index contributed by atoms with van der Waals surface area (Å²) in [4.78, 5) is 14.4. The van der Waals surface area contributed by atoms with Crippen molar-refractivity contribution in [2.45, 2.75) is 51.8 Å². The molecule has 1 heterocycles. The fraction of sp³-hybridized carbons (Fsp3) is 0.562. The van der Waals surface area contributed by atoms with E-state index in [1.807, 2.05) is 45.0 Å². The Hall–Kier alpha value is -1.06. The smallest absolute Gasteiger partial charge is 0.323 e. The first kappa shape index (κ1) is 15.3. The van der Waals surface area contributed by atoms with Crippen LogP contribution < -0.4 is 0 Å². The van der Waals surface area contributed by atoms with Crippen LogP contribution in [0.2, 0.25) is 5.02 Å². The second-order valence-corrected chi connectivity index (χ2v) is 6.72. The van der Waals surface area contributed by atoms with Gasteiger partial charge in [-0.15, -0.1) is 0 Å². The van der Waals surface area contributed by atoms with Crippen LogP contribution in [0.15, 0.2) is 24.3 Å². The van der Waals surface area contributed by atoms with Gasteiger partial charge in [-0.25, -0.2) is 0 Å². The number of rotatable bonds is 3. The zero-order valence-corrected chi connectivity index (χ0v) is 13.1. The second kappa shape index (κ2) is 6.15. The van der Waals surface area contributed by atoms with Crippen molar-refractivity contribution in [3.05, 3.63) is 34.9 Å². The number of benzene rings is 1. The third-order valence-corrected chi connectivity index (χ3v) is 3.59. The summed E-state index contributed by atoms with van der Waals surface area (Å²) in [6.07, 6.45) is 1.92. The van der Waals surface area contributed by atoms with E-state index in [0.717, 1.165) is 31.0 Å². The zero-order valence-electron chi connectivity index (χ0n) is 12.4.